The molecule has 1 aromatic rings. The lowest BCUT2D eigenvalue weighted by Crippen LogP contribution is -2.30. The van der Waals surface area contributed by atoms with Gasteiger partial charge in [-0.3, -0.25) is 0 Å². The summed E-state index contributed by atoms with van der Waals surface area (Å²) >= 11 is 4.86. The van der Waals surface area contributed by atoms with Crippen LogP contribution in [0.4, 0.5) is 19.0 Å². The van der Waals surface area contributed by atoms with E-state index in [0.717, 1.165) is 6.07 Å². The van der Waals surface area contributed by atoms with Crippen LogP contribution >= 0.6 is 12.2 Å². The SMILES string of the molecule is CC(C)C(C)(C)CNc1nc(C(F)(F)F)ccc1C(N)=S. The Morgan fingerprint density at radius 2 is 1.90 bits per heavy atom. The Balaban J connectivity index is 3.11. The number of rotatable bonds is 5. The number of pyridine rings is 1. The molecular formula is C14H20F3N3S. The van der Waals surface area contributed by atoms with Gasteiger partial charge in [0.25, 0.3) is 0 Å². The number of alkyl halides is 3. The molecule has 0 aliphatic rings. The number of halogens is 3. The van der Waals surface area contributed by atoms with Crippen LogP contribution in [0, 0.1) is 11.3 Å². The number of hydrogen-bond acceptors (Lipinski definition) is 3. The van der Waals surface area contributed by atoms with E-state index in [2.05, 4.69) is 24.1 Å². The molecule has 0 bridgehead atoms. The van der Waals surface area contributed by atoms with Crippen molar-refractivity contribution in [3.05, 3.63) is 23.4 Å². The summed E-state index contributed by atoms with van der Waals surface area (Å²) in [5, 5.41) is 2.95. The van der Waals surface area contributed by atoms with Gasteiger partial charge in [-0.25, -0.2) is 4.98 Å². The highest BCUT2D eigenvalue weighted by Crippen LogP contribution is 2.31. The van der Waals surface area contributed by atoms with Gasteiger partial charge in [0.2, 0.25) is 0 Å². The van der Waals surface area contributed by atoms with Gasteiger partial charge >= 0.3 is 6.18 Å². The monoisotopic (exact) mass is 319 g/mol. The van der Waals surface area contributed by atoms with Crippen molar-refractivity contribution in [3.63, 3.8) is 0 Å². The van der Waals surface area contributed by atoms with Crippen LogP contribution in [0.1, 0.15) is 39.0 Å². The molecule has 3 nitrogen and oxygen atoms in total. The number of nitrogens with two attached hydrogens (primary N) is 1. The van der Waals surface area contributed by atoms with Crippen molar-refractivity contribution in [1.82, 2.24) is 4.98 Å². The Morgan fingerprint density at radius 3 is 2.33 bits per heavy atom. The van der Waals surface area contributed by atoms with Crippen LogP contribution in [0.2, 0.25) is 0 Å². The molecule has 0 aromatic carbocycles. The van der Waals surface area contributed by atoms with Crippen molar-refractivity contribution in [2.75, 3.05) is 11.9 Å². The summed E-state index contributed by atoms with van der Waals surface area (Å²) in [6, 6.07) is 2.14. The predicted molar refractivity (Wildman–Crippen MR) is 82.2 cm³/mol. The van der Waals surface area contributed by atoms with Gasteiger partial charge in [0.15, 0.2) is 0 Å². The van der Waals surface area contributed by atoms with E-state index in [0.29, 0.717) is 18.0 Å². The molecule has 1 heterocycles. The zero-order valence-corrected chi connectivity index (χ0v) is 13.3. The second-order valence-electron chi connectivity index (χ2n) is 5.95. The topological polar surface area (TPSA) is 50.9 Å². The minimum absolute atomic E-state index is 0.0149. The summed E-state index contributed by atoms with van der Waals surface area (Å²) in [4.78, 5) is 3.64. The van der Waals surface area contributed by atoms with Gasteiger partial charge in [-0.15, -0.1) is 0 Å². The molecule has 0 radical (unpaired) electrons. The van der Waals surface area contributed by atoms with Gasteiger partial charge in [-0.1, -0.05) is 39.9 Å². The highest BCUT2D eigenvalue weighted by atomic mass is 32.1. The Hall–Kier alpha value is -1.37. The fourth-order valence-corrected chi connectivity index (χ4v) is 1.63. The number of aromatic nitrogens is 1. The van der Waals surface area contributed by atoms with Gasteiger partial charge < -0.3 is 11.1 Å². The summed E-state index contributed by atoms with van der Waals surface area (Å²) in [6.45, 7) is 8.62. The first-order valence-electron chi connectivity index (χ1n) is 6.57. The summed E-state index contributed by atoms with van der Waals surface area (Å²) < 4.78 is 38.2. The molecule has 0 unspecified atom stereocenters. The Bertz CT molecular complexity index is 525. The number of anilines is 1. The van der Waals surface area contributed by atoms with Gasteiger partial charge in [0.1, 0.15) is 16.5 Å². The van der Waals surface area contributed by atoms with Gasteiger partial charge in [-0.05, 0) is 23.5 Å². The van der Waals surface area contributed by atoms with Crippen LogP contribution in [0.25, 0.3) is 0 Å². The molecule has 0 spiro atoms. The van der Waals surface area contributed by atoms with Crippen LogP contribution in [0.15, 0.2) is 12.1 Å². The lowest BCUT2D eigenvalue weighted by atomic mass is 9.81. The highest BCUT2D eigenvalue weighted by Gasteiger charge is 2.33. The van der Waals surface area contributed by atoms with Crippen LogP contribution < -0.4 is 11.1 Å². The van der Waals surface area contributed by atoms with Crippen LogP contribution in [0.3, 0.4) is 0 Å². The molecule has 1 rings (SSSR count). The molecule has 0 aliphatic heterocycles. The van der Waals surface area contributed by atoms with Gasteiger partial charge in [0.05, 0.1) is 5.56 Å². The molecule has 0 saturated carbocycles. The lowest BCUT2D eigenvalue weighted by Gasteiger charge is -2.30. The summed E-state index contributed by atoms with van der Waals surface area (Å²) in [5.74, 6) is 0.426. The van der Waals surface area contributed by atoms with E-state index in [1.165, 1.54) is 6.07 Å². The fraction of sp³-hybridized carbons (Fsp3) is 0.571. The van der Waals surface area contributed by atoms with Crippen molar-refractivity contribution < 1.29 is 13.2 Å². The first-order valence-corrected chi connectivity index (χ1v) is 6.98. The quantitative estimate of drug-likeness (QED) is 0.810. The lowest BCUT2D eigenvalue weighted by molar-refractivity contribution is -0.141. The Labute approximate surface area is 128 Å². The molecule has 0 saturated heterocycles. The third-order valence-electron chi connectivity index (χ3n) is 3.73. The molecule has 7 heteroatoms. The normalized spacial score (nSPS) is 12.6. The van der Waals surface area contributed by atoms with E-state index < -0.39 is 11.9 Å². The smallest absolute Gasteiger partial charge is 0.389 e. The van der Waals surface area contributed by atoms with Crippen molar-refractivity contribution in [2.24, 2.45) is 17.1 Å². The zero-order valence-electron chi connectivity index (χ0n) is 12.5. The van der Waals surface area contributed by atoms with E-state index in [1.54, 1.807) is 0 Å². The van der Waals surface area contributed by atoms with Crippen LogP contribution in [-0.4, -0.2) is 16.5 Å². The summed E-state index contributed by atoms with van der Waals surface area (Å²) in [6.07, 6.45) is -4.50. The van der Waals surface area contributed by atoms with E-state index in [-0.39, 0.29) is 16.2 Å². The molecule has 0 aliphatic carbocycles. The second-order valence-corrected chi connectivity index (χ2v) is 6.39. The summed E-state index contributed by atoms with van der Waals surface area (Å²) in [7, 11) is 0. The maximum atomic E-state index is 12.7. The maximum Gasteiger partial charge on any atom is 0.433 e. The predicted octanol–water partition coefficient (Wildman–Crippen LogP) is 3.83. The molecule has 118 valence electrons. The fourth-order valence-electron chi connectivity index (χ4n) is 1.47. The minimum atomic E-state index is -4.50. The zero-order chi connectivity index (χ0) is 16.4. The van der Waals surface area contributed by atoms with E-state index in [9.17, 15) is 13.2 Å². The average Bonchev–Trinajstić information content (AvgIpc) is 2.34. The molecule has 3 N–H and O–H groups in total. The third-order valence-corrected chi connectivity index (χ3v) is 3.95. The first kappa shape index (κ1) is 17.7. The van der Waals surface area contributed by atoms with Crippen LogP contribution in [0.5, 0.6) is 0 Å². The molecule has 1 aromatic heterocycles. The standard InChI is InChI=1S/C14H20F3N3S/c1-8(2)13(3,4)7-19-12-9(11(18)21)5-6-10(20-12)14(15,16)17/h5-6,8H,7H2,1-4H3,(H2,18,21)(H,19,20). The second kappa shape index (κ2) is 6.17. The van der Waals surface area contributed by atoms with E-state index >= 15 is 0 Å². The molecule has 0 amide bonds. The average molecular weight is 319 g/mol. The van der Waals surface area contributed by atoms with Crippen molar-refractivity contribution in [1.29, 1.82) is 0 Å². The molecule has 0 atom stereocenters. The number of thiocarbonyl (C=S) groups is 1. The molecule has 21 heavy (non-hydrogen) atoms. The molecular weight excluding hydrogens is 299 g/mol. The van der Waals surface area contributed by atoms with Crippen molar-refractivity contribution in [3.8, 4) is 0 Å². The van der Waals surface area contributed by atoms with E-state index in [4.69, 9.17) is 18.0 Å². The maximum absolute atomic E-state index is 12.7. The highest BCUT2D eigenvalue weighted by molar-refractivity contribution is 7.80. The minimum Gasteiger partial charge on any atom is -0.389 e. The van der Waals surface area contributed by atoms with Crippen LogP contribution in [-0.2, 0) is 6.18 Å². The summed E-state index contributed by atoms with van der Waals surface area (Å²) in [5.41, 5.74) is 4.79. The first-order chi connectivity index (χ1) is 9.45. The van der Waals surface area contributed by atoms with Gasteiger partial charge in [0, 0.05) is 6.54 Å². The number of nitrogens with zero attached hydrogens (tertiary/aromatic N) is 1. The third kappa shape index (κ3) is 4.56. The largest absolute Gasteiger partial charge is 0.433 e. The van der Waals surface area contributed by atoms with Crippen molar-refractivity contribution >= 4 is 23.0 Å². The number of hydrogen-bond donors (Lipinski definition) is 2. The van der Waals surface area contributed by atoms with E-state index in [1.807, 2.05) is 13.8 Å². The molecule has 0 fully saturated rings. The number of nitrogens with one attached hydrogen (secondary N) is 1. The van der Waals surface area contributed by atoms with Gasteiger partial charge in [-0.2, -0.15) is 13.2 Å². The Morgan fingerprint density at radius 1 is 1.33 bits per heavy atom. The Kier molecular flexibility index (Phi) is 5.20. The van der Waals surface area contributed by atoms with Crippen molar-refractivity contribution in [2.45, 2.75) is 33.9 Å².